The highest BCUT2D eigenvalue weighted by Gasteiger charge is 2.34. The van der Waals surface area contributed by atoms with Crippen molar-refractivity contribution in [3.05, 3.63) is 34.9 Å². The van der Waals surface area contributed by atoms with E-state index >= 15 is 0 Å². The SMILES string of the molecule is N#C[C@@H]1C(=O)NC(=S)N[C@@H]1c1ccc(Cl)cc1. The summed E-state index contributed by atoms with van der Waals surface area (Å²) < 4.78 is 0. The minimum absolute atomic E-state index is 0.237. The number of hydrogen-bond donors (Lipinski definition) is 2. The molecule has 17 heavy (non-hydrogen) atoms. The Hall–Kier alpha value is -1.64. The Morgan fingerprint density at radius 2 is 2.00 bits per heavy atom. The molecule has 1 aliphatic heterocycles. The first-order chi connectivity index (χ1) is 8.11. The van der Waals surface area contributed by atoms with E-state index in [-0.39, 0.29) is 11.0 Å². The molecular weight excluding hydrogens is 258 g/mol. The Balaban J connectivity index is 2.34. The van der Waals surface area contributed by atoms with Gasteiger partial charge >= 0.3 is 0 Å². The zero-order valence-corrected chi connectivity index (χ0v) is 10.2. The van der Waals surface area contributed by atoms with Crippen LogP contribution in [0.25, 0.3) is 0 Å². The van der Waals surface area contributed by atoms with Crippen LogP contribution in [0.1, 0.15) is 11.6 Å². The second-order valence-corrected chi connectivity index (χ2v) is 4.44. The summed E-state index contributed by atoms with van der Waals surface area (Å²) in [6, 6.07) is 8.50. The molecule has 0 aliphatic carbocycles. The van der Waals surface area contributed by atoms with Crippen LogP contribution >= 0.6 is 23.8 Å². The van der Waals surface area contributed by atoms with Crippen LogP contribution in [-0.4, -0.2) is 11.0 Å². The molecule has 2 atom stereocenters. The number of nitrogens with one attached hydrogen (secondary N) is 2. The van der Waals surface area contributed by atoms with Crippen molar-refractivity contribution in [1.82, 2.24) is 10.6 Å². The predicted octanol–water partition coefficient (Wildman–Crippen LogP) is 1.53. The molecule has 1 fully saturated rings. The van der Waals surface area contributed by atoms with E-state index in [2.05, 4.69) is 10.6 Å². The van der Waals surface area contributed by atoms with Gasteiger partial charge < -0.3 is 10.6 Å². The summed E-state index contributed by atoms with van der Waals surface area (Å²) in [5, 5.41) is 15.2. The van der Waals surface area contributed by atoms with Crippen molar-refractivity contribution in [2.24, 2.45) is 5.92 Å². The van der Waals surface area contributed by atoms with Gasteiger partial charge in [-0.1, -0.05) is 23.7 Å². The highest BCUT2D eigenvalue weighted by Crippen LogP contribution is 2.25. The summed E-state index contributed by atoms with van der Waals surface area (Å²) in [4.78, 5) is 11.6. The highest BCUT2D eigenvalue weighted by atomic mass is 35.5. The number of carbonyl (C=O) groups excluding carboxylic acids is 1. The standard InChI is InChI=1S/C11H8ClN3OS/c12-7-3-1-6(2-4-7)9-8(5-13)10(16)15-11(17)14-9/h1-4,8-9H,(H2,14,15,16,17)/t8-,9+/m0/s1. The largest absolute Gasteiger partial charge is 0.354 e. The Bertz CT molecular complexity index is 508. The maximum Gasteiger partial charge on any atom is 0.245 e. The number of thiocarbonyl (C=S) groups is 1. The molecular formula is C11H8ClN3OS. The van der Waals surface area contributed by atoms with E-state index in [4.69, 9.17) is 29.1 Å². The van der Waals surface area contributed by atoms with Crippen molar-refractivity contribution in [2.75, 3.05) is 0 Å². The van der Waals surface area contributed by atoms with E-state index in [1.165, 1.54) is 0 Å². The average Bonchev–Trinajstić information content (AvgIpc) is 2.29. The normalized spacial score (nSPS) is 23.5. The third kappa shape index (κ3) is 2.38. The van der Waals surface area contributed by atoms with Gasteiger partial charge in [0.25, 0.3) is 0 Å². The van der Waals surface area contributed by atoms with Crippen LogP contribution in [0.5, 0.6) is 0 Å². The lowest BCUT2D eigenvalue weighted by molar-refractivity contribution is -0.123. The van der Waals surface area contributed by atoms with Crippen LogP contribution in [0.3, 0.4) is 0 Å². The Morgan fingerprint density at radius 1 is 1.35 bits per heavy atom. The van der Waals surface area contributed by atoms with Gasteiger partial charge in [0.15, 0.2) is 5.11 Å². The summed E-state index contributed by atoms with van der Waals surface area (Å²) in [7, 11) is 0. The van der Waals surface area contributed by atoms with Crippen molar-refractivity contribution in [3.8, 4) is 6.07 Å². The molecule has 86 valence electrons. The minimum Gasteiger partial charge on any atom is -0.354 e. The highest BCUT2D eigenvalue weighted by molar-refractivity contribution is 7.80. The zero-order chi connectivity index (χ0) is 12.4. The molecule has 0 spiro atoms. The maximum absolute atomic E-state index is 11.6. The first kappa shape index (κ1) is 11.8. The van der Waals surface area contributed by atoms with Crippen molar-refractivity contribution in [3.63, 3.8) is 0 Å². The summed E-state index contributed by atoms with van der Waals surface area (Å²) in [5.74, 6) is -1.18. The summed E-state index contributed by atoms with van der Waals surface area (Å²) >= 11 is 10.7. The maximum atomic E-state index is 11.6. The molecule has 0 unspecified atom stereocenters. The van der Waals surface area contributed by atoms with Crippen LogP contribution in [0, 0.1) is 17.2 Å². The second kappa shape index (κ2) is 4.70. The third-order valence-electron chi connectivity index (χ3n) is 2.51. The summed E-state index contributed by atoms with van der Waals surface area (Å²) in [6.07, 6.45) is 0. The van der Waals surface area contributed by atoms with Crippen LogP contribution < -0.4 is 10.6 Å². The molecule has 0 aromatic heterocycles. The molecule has 1 aromatic carbocycles. The van der Waals surface area contributed by atoms with Gasteiger partial charge in [0.2, 0.25) is 5.91 Å². The van der Waals surface area contributed by atoms with Crippen LogP contribution in [0.4, 0.5) is 0 Å². The molecule has 1 heterocycles. The fraction of sp³-hybridized carbons (Fsp3) is 0.182. The molecule has 1 amide bonds. The molecule has 1 aliphatic rings. The van der Waals surface area contributed by atoms with Gasteiger partial charge in [-0.15, -0.1) is 0 Å². The number of carbonyl (C=O) groups is 1. The van der Waals surface area contributed by atoms with Gasteiger partial charge in [0.1, 0.15) is 5.92 Å². The quantitative estimate of drug-likeness (QED) is 0.756. The molecule has 4 nitrogen and oxygen atoms in total. The Morgan fingerprint density at radius 3 is 2.59 bits per heavy atom. The second-order valence-electron chi connectivity index (χ2n) is 3.60. The van der Waals surface area contributed by atoms with E-state index in [0.29, 0.717) is 5.02 Å². The molecule has 0 saturated carbocycles. The van der Waals surface area contributed by atoms with E-state index in [9.17, 15) is 4.79 Å². The smallest absolute Gasteiger partial charge is 0.245 e. The molecule has 0 radical (unpaired) electrons. The molecule has 1 saturated heterocycles. The Kier molecular flexibility index (Phi) is 3.27. The van der Waals surface area contributed by atoms with Gasteiger partial charge in [-0.25, -0.2) is 0 Å². The van der Waals surface area contributed by atoms with Crippen molar-refractivity contribution < 1.29 is 4.79 Å². The van der Waals surface area contributed by atoms with Crippen molar-refractivity contribution >= 4 is 34.8 Å². The summed E-state index contributed by atoms with van der Waals surface area (Å²) in [5.41, 5.74) is 0.804. The first-order valence-corrected chi connectivity index (χ1v) is 5.67. The zero-order valence-electron chi connectivity index (χ0n) is 8.61. The van der Waals surface area contributed by atoms with E-state index in [1.54, 1.807) is 24.3 Å². The van der Waals surface area contributed by atoms with Gasteiger partial charge in [-0.3, -0.25) is 4.79 Å². The lowest BCUT2D eigenvalue weighted by atomic mass is 9.92. The molecule has 2 N–H and O–H groups in total. The third-order valence-corrected chi connectivity index (χ3v) is 2.98. The van der Waals surface area contributed by atoms with Crippen LogP contribution in [0.15, 0.2) is 24.3 Å². The predicted molar refractivity (Wildman–Crippen MR) is 67.2 cm³/mol. The Labute approximate surface area is 109 Å². The van der Waals surface area contributed by atoms with Gasteiger partial charge in [-0.2, -0.15) is 5.26 Å². The van der Waals surface area contributed by atoms with Crippen molar-refractivity contribution in [2.45, 2.75) is 6.04 Å². The average molecular weight is 266 g/mol. The molecule has 1 aromatic rings. The van der Waals surface area contributed by atoms with Gasteiger partial charge in [-0.05, 0) is 29.9 Å². The van der Waals surface area contributed by atoms with E-state index < -0.39 is 12.0 Å². The number of nitrogens with zero attached hydrogens (tertiary/aromatic N) is 1. The van der Waals surface area contributed by atoms with E-state index in [1.807, 2.05) is 6.07 Å². The number of nitriles is 1. The first-order valence-electron chi connectivity index (χ1n) is 4.88. The number of halogens is 1. The lowest BCUT2D eigenvalue weighted by Crippen LogP contribution is -2.53. The molecule has 0 bridgehead atoms. The fourth-order valence-electron chi connectivity index (χ4n) is 1.68. The van der Waals surface area contributed by atoms with E-state index in [0.717, 1.165) is 5.56 Å². The molecule has 6 heteroatoms. The number of amides is 1. The summed E-state index contributed by atoms with van der Waals surface area (Å²) in [6.45, 7) is 0. The fourth-order valence-corrected chi connectivity index (χ4v) is 2.03. The number of benzene rings is 1. The van der Waals surface area contributed by atoms with Crippen molar-refractivity contribution in [1.29, 1.82) is 5.26 Å². The molecule has 2 rings (SSSR count). The van der Waals surface area contributed by atoms with Gasteiger partial charge in [0, 0.05) is 5.02 Å². The lowest BCUT2D eigenvalue weighted by Gasteiger charge is -2.29. The minimum atomic E-state index is -0.803. The van der Waals surface area contributed by atoms with Crippen LogP contribution in [0.2, 0.25) is 5.02 Å². The number of hydrogen-bond acceptors (Lipinski definition) is 3. The topological polar surface area (TPSA) is 64.9 Å². The number of rotatable bonds is 1. The van der Waals surface area contributed by atoms with Gasteiger partial charge in [0.05, 0.1) is 12.1 Å². The van der Waals surface area contributed by atoms with Crippen LogP contribution in [-0.2, 0) is 4.79 Å². The monoisotopic (exact) mass is 265 g/mol.